The molecule has 0 aromatic rings. The van der Waals surface area contributed by atoms with Crippen LogP contribution < -0.4 is 4.72 Å². The molecule has 15 heavy (non-hydrogen) atoms. The molecular formula is C6H15ClNO5PS. The highest BCUT2D eigenvalue weighted by Gasteiger charge is 2.23. The van der Waals surface area contributed by atoms with Gasteiger partial charge in [-0.3, -0.25) is 4.57 Å². The molecule has 0 aliphatic rings. The van der Waals surface area contributed by atoms with E-state index < -0.39 is 16.8 Å². The Labute approximate surface area is 94.4 Å². The van der Waals surface area contributed by atoms with Crippen molar-refractivity contribution in [3.05, 3.63) is 0 Å². The van der Waals surface area contributed by atoms with Gasteiger partial charge in [-0.05, 0) is 13.8 Å². The minimum absolute atomic E-state index is 0.0410. The van der Waals surface area contributed by atoms with Gasteiger partial charge in [-0.25, -0.2) is 4.72 Å². The number of nitrogens with one attached hydrogen (secondary N) is 1. The normalized spacial score (nSPS) is 13.0. The fourth-order valence-corrected chi connectivity index (χ4v) is 3.10. The summed E-state index contributed by atoms with van der Waals surface area (Å²) in [6, 6.07) is 0. The third-order valence-electron chi connectivity index (χ3n) is 1.31. The molecular weight excluding hydrogens is 265 g/mol. The van der Waals surface area contributed by atoms with Gasteiger partial charge in [-0.1, -0.05) is 0 Å². The molecule has 0 amide bonds. The summed E-state index contributed by atoms with van der Waals surface area (Å²) in [7, 11) is -2.07. The van der Waals surface area contributed by atoms with E-state index in [0.29, 0.717) is 0 Å². The predicted octanol–water partition coefficient (Wildman–Crippen LogP) is 1.33. The zero-order chi connectivity index (χ0) is 11.9. The Morgan fingerprint density at radius 1 is 1.27 bits per heavy atom. The first-order chi connectivity index (χ1) is 6.83. The van der Waals surface area contributed by atoms with Crippen LogP contribution in [0.25, 0.3) is 0 Å². The SMILES string of the molecule is CCOP(=O)(CCNS(=O)(=O)Cl)OCC. The molecule has 1 N–H and O–H groups in total. The molecule has 92 valence electrons. The van der Waals surface area contributed by atoms with Crippen LogP contribution in [-0.4, -0.2) is 34.3 Å². The second-order valence-corrected chi connectivity index (χ2v) is 7.07. The molecule has 6 nitrogen and oxygen atoms in total. The van der Waals surface area contributed by atoms with E-state index in [0.717, 1.165) is 0 Å². The Hall–Kier alpha value is 0.350. The number of halogens is 1. The van der Waals surface area contributed by atoms with Crippen molar-refractivity contribution in [1.82, 2.24) is 4.72 Å². The largest absolute Gasteiger partial charge is 0.331 e. The molecule has 0 saturated heterocycles. The van der Waals surface area contributed by atoms with Crippen molar-refractivity contribution < 1.29 is 22.0 Å². The van der Waals surface area contributed by atoms with Gasteiger partial charge in [0.15, 0.2) is 0 Å². The molecule has 0 unspecified atom stereocenters. The molecule has 0 spiro atoms. The lowest BCUT2D eigenvalue weighted by atomic mass is 10.8. The van der Waals surface area contributed by atoms with Gasteiger partial charge < -0.3 is 9.05 Å². The van der Waals surface area contributed by atoms with Gasteiger partial charge >= 0.3 is 7.60 Å². The van der Waals surface area contributed by atoms with E-state index >= 15 is 0 Å². The van der Waals surface area contributed by atoms with Crippen LogP contribution in [0, 0.1) is 0 Å². The average Bonchev–Trinajstić information content (AvgIpc) is 2.01. The minimum atomic E-state index is -3.79. The van der Waals surface area contributed by atoms with E-state index in [1.807, 2.05) is 4.72 Å². The summed E-state index contributed by atoms with van der Waals surface area (Å²) in [5.41, 5.74) is 0. The first-order valence-electron chi connectivity index (χ1n) is 4.40. The minimum Gasteiger partial charge on any atom is -0.309 e. The summed E-state index contributed by atoms with van der Waals surface area (Å²) >= 11 is 0. The van der Waals surface area contributed by atoms with Gasteiger partial charge in [0.25, 0.3) is 9.24 Å². The van der Waals surface area contributed by atoms with Crippen molar-refractivity contribution in [3.63, 3.8) is 0 Å². The smallest absolute Gasteiger partial charge is 0.309 e. The maximum Gasteiger partial charge on any atom is 0.331 e. The molecule has 0 fully saturated rings. The number of hydrogen-bond acceptors (Lipinski definition) is 5. The summed E-state index contributed by atoms with van der Waals surface area (Å²) in [6.07, 6.45) is -0.0410. The highest BCUT2D eigenvalue weighted by atomic mass is 35.7. The molecule has 0 bridgehead atoms. The maximum absolute atomic E-state index is 11.8. The second-order valence-electron chi connectivity index (χ2n) is 2.50. The van der Waals surface area contributed by atoms with Crippen molar-refractivity contribution in [3.8, 4) is 0 Å². The van der Waals surface area contributed by atoms with Crippen molar-refractivity contribution in [2.75, 3.05) is 25.9 Å². The standard InChI is InChI=1S/C6H15ClNO5PS/c1-3-12-14(9,13-4-2)6-5-8-15(7,10)11/h8H,3-6H2,1-2H3. The topological polar surface area (TPSA) is 81.7 Å². The molecule has 0 rings (SSSR count). The lowest BCUT2D eigenvalue weighted by Gasteiger charge is -2.16. The molecule has 0 aromatic carbocycles. The van der Waals surface area contributed by atoms with Gasteiger partial charge in [0, 0.05) is 17.2 Å². The molecule has 0 aliphatic carbocycles. The predicted molar refractivity (Wildman–Crippen MR) is 58.5 cm³/mol. The molecule has 9 heteroatoms. The monoisotopic (exact) mass is 279 g/mol. The van der Waals surface area contributed by atoms with E-state index in [4.69, 9.17) is 19.7 Å². The Morgan fingerprint density at radius 3 is 2.07 bits per heavy atom. The quantitative estimate of drug-likeness (QED) is 0.535. The molecule has 0 aliphatic heterocycles. The summed E-state index contributed by atoms with van der Waals surface area (Å²) in [6.45, 7) is 3.76. The Morgan fingerprint density at radius 2 is 1.73 bits per heavy atom. The molecule has 0 saturated carbocycles. The Balaban J connectivity index is 4.13. The molecule has 0 radical (unpaired) electrons. The van der Waals surface area contributed by atoms with Crippen LogP contribution in [0.5, 0.6) is 0 Å². The van der Waals surface area contributed by atoms with Crippen LogP contribution in [-0.2, 0) is 22.8 Å². The summed E-state index contributed by atoms with van der Waals surface area (Å²) in [4.78, 5) is 0. The summed E-state index contributed by atoms with van der Waals surface area (Å²) in [5.74, 6) is 0. The van der Waals surface area contributed by atoms with Crippen molar-refractivity contribution in [1.29, 1.82) is 0 Å². The van der Waals surface area contributed by atoms with Crippen LogP contribution in [0.3, 0.4) is 0 Å². The third kappa shape index (κ3) is 8.19. The average molecular weight is 280 g/mol. The van der Waals surface area contributed by atoms with E-state index in [9.17, 15) is 13.0 Å². The van der Waals surface area contributed by atoms with Crippen molar-refractivity contribution in [2.24, 2.45) is 0 Å². The Kier molecular flexibility index (Phi) is 6.99. The fraction of sp³-hybridized carbons (Fsp3) is 1.00. The summed E-state index contributed by atoms with van der Waals surface area (Å²) < 4.78 is 44.7. The third-order valence-corrected chi connectivity index (χ3v) is 4.26. The van der Waals surface area contributed by atoms with Gasteiger partial charge in [-0.15, -0.1) is 0 Å². The lowest BCUT2D eigenvalue weighted by molar-refractivity contribution is 0.220. The second kappa shape index (κ2) is 6.83. The van der Waals surface area contributed by atoms with Crippen LogP contribution in [0.1, 0.15) is 13.8 Å². The highest BCUT2D eigenvalue weighted by Crippen LogP contribution is 2.47. The van der Waals surface area contributed by atoms with Crippen LogP contribution in [0.2, 0.25) is 0 Å². The van der Waals surface area contributed by atoms with E-state index in [2.05, 4.69) is 0 Å². The van der Waals surface area contributed by atoms with E-state index in [-0.39, 0.29) is 25.9 Å². The van der Waals surface area contributed by atoms with Crippen LogP contribution in [0.4, 0.5) is 0 Å². The van der Waals surface area contributed by atoms with Crippen molar-refractivity contribution >= 4 is 27.5 Å². The maximum atomic E-state index is 11.8. The molecule has 0 atom stereocenters. The zero-order valence-corrected chi connectivity index (χ0v) is 11.1. The van der Waals surface area contributed by atoms with E-state index in [1.54, 1.807) is 13.8 Å². The van der Waals surface area contributed by atoms with E-state index in [1.165, 1.54) is 0 Å². The summed E-state index contributed by atoms with van der Waals surface area (Å²) in [5, 5.41) is 0. The zero-order valence-electron chi connectivity index (χ0n) is 8.60. The van der Waals surface area contributed by atoms with Crippen molar-refractivity contribution in [2.45, 2.75) is 13.8 Å². The fourth-order valence-electron chi connectivity index (χ4n) is 0.864. The Bertz CT molecular complexity index is 309. The van der Waals surface area contributed by atoms with Crippen LogP contribution >= 0.6 is 18.3 Å². The van der Waals surface area contributed by atoms with Crippen LogP contribution in [0.15, 0.2) is 0 Å². The number of hydrogen-bond donors (Lipinski definition) is 1. The number of rotatable bonds is 8. The highest BCUT2D eigenvalue weighted by molar-refractivity contribution is 8.12. The van der Waals surface area contributed by atoms with Gasteiger partial charge in [0.1, 0.15) is 0 Å². The first kappa shape index (κ1) is 15.3. The lowest BCUT2D eigenvalue weighted by Crippen LogP contribution is -2.22. The molecule has 0 heterocycles. The van der Waals surface area contributed by atoms with Gasteiger partial charge in [0.05, 0.1) is 19.4 Å². The molecule has 0 aromatic heterocycles. The van der Waals surface area contributed by atoms with Gasteiger partial charge in [-0.2, -0.15) is 8.42 Å². The van der Waals surface area contributed by atoms with Gasteiger partial charge in [0.2, 0.25) is 0 Å². The first-order valence-corrected chi connectivity index (χ1v) is 8.44.